The number of rotatable bonds is 11. The molecule has 0 unspecified atom stereocenters. The minimum Gasteiger partial charge on any atom is -0.497 e. The molecule has 196 valence electrons. The molecule has 0 saturated carbocycles. The summed E-state index contributed by atoms with van der Waals surface area (Å²) in [6, 6.07) is 13.6. The zero-order chi connectivity index (χ0) is 27.2. The van der Waals surface area contributed by atoms with E-state index in [0.29, 0.717) is 34.4 Å². The van der Waals surface area contributed by atoms with Gasteiger partial charge in [-0.3, -0.25) is 9.10 Å². The van der Waals surface area contributed by atoms with Gasteiger partial charge in [0, 0.05) is 17.8 Å². The van der Waals surface area contributed by atoms with E-state index in [0.717, 1.165) is 0 Å². The Hall–Kier alpha value is -3.89. The number of hydrogen-bond donors (Lipinski definition) is 1. The van der Waals surface area contributed by atoms with E-state index in [1.165, 1.54) is 57.0 Å². The van der Waals surface area contributed by atoms with Crippen LogP contribution < -0.4 is 28.6 Å². The molecule has 1 amide bonds. The van der Waals surface area contributed by atoms with E-state index in [-0.39, 0.29) is 22.0 Å². The fourth-order valence-electron chi connectivity index (χ4n) is 3.53. The van der Waals surface area contributed by atoms with Crippen molar-refractivity contribution in [2.45, 2.75) is 4.90 Å². The Kier molecular flexibility index (Phi) is 8.90. The molecular formula is C26H27ClN2O7S. The normalized spacial score (nSPS) is 10.8. The van der Waals surface area contributed by atoms with Crippen LogP contribution >= 0.6 is 11.6 Å². The number of hydrogen-bond acceptors (Lipinski definition) is 7. The molecule has 0 atom stereocenters. The Bertz CT molecular complexity index is 1370. The van der Waals surface area contributed by atoms with Crippen LogP contribution in [-0.4, -0.2) is 49.3 Å². The van der Waals surface area contributed by atoms with Gasteiger partial charge in [-0.1, -0.05) is 17.7 Å². The van der Waals surface area contributed by atoms with Gasteiger partial charge >= 0.3 is 0 Å². The van der Waals surface area contributed by atoms with Crippen molar-refractivity contribution >= 4 is 38.9 Å². The van der Waals surface area contributed by atoms with Crippen LogP contribution in [0.3, 0.4) is 0 Å². The molecule has 3 aromatic carbocycles. The molecule has 9 nitrogen and oxygen atoms in total. The summed E-state index contributed by atoms with van der Waals surface area (Å²) in [5, 5.41) is 2.77. The van der Waals surface area contributed by atoms with Gasteiger partial charge in [-0.2, -0.15) is 0 Å². The first-order valence-electron chi connectivity index (χ1n) is 10.9. The Morgan fingerprint density at radius 2 is 1.57 bits per heavy atom. The molecular weight excluding hydrogens is 520 g/mol. The van der Waals surface area contributed by atoms with E-state index >= 15 is 0 Å². The summed E-state index contributed by atoms with van der Waals surface area (Å²) in [5.74, 6) is 0.973. The highest BCUT2D eigenvalue weighted by Crippen LogP contribution is 2.40. The Labute approximate surface area is 221 Å². The molecule has 11 heteroatoms. The Balaban J connectivity index is 1.98. The SMILES string of the molecule is C=CCN(c1ccc(OC)cc1)S(=O)(=O)c1ccc(Cl)c(C(=O)Nc2cc(OC)c(OC)c(OC)c2)c1. The maximum Gasteiger partial charge on any atom is 0.264 e. The smallest absolute Gasteiger partial charge is 0.264 e. The Morgan fingerprint density at radius 3 is 2.08 bits per heavy atom. The van der Waals surface area contributed by atoms with Crippen molar-refractivity contribution in [3.63, 3.8) is 0 Å². The number of carbonyl (C=O) groups is 1. The van der Waals surface area contributed by atoms with Gasteiger partial charge in [-0.05, 0) is 42.5 Å². The van der Waals surface area contributed by atoms with E-state index in [9.17, 15) is 13.2 Å². The number of nitrogens with one attached hydrogen (secondary N) is 1. The largest absolute Gasteiger partial charge is 0.497 e. The average Bonchev–Trinajstić information content (AvgIpc) is 2.91. The van der Waals surface area contributed by atoms with Crippen molar-refractivity contribution in [2.24, 2.45) is 0 Å². The molecule has 0 saturated heterocycles. The number of anilines is 2. The van der Waals surface area contributed by atoms with E-state index < -0.39 is 15.9 Å². The lowest BCUT2D eigenvalue weighted by atomic mass is 10.2. The molecule has 0 aliphatic carbocycles. The number of halogens is 1. The number of methoxy groups -OCH3 is 4. The summed E-state index contributed by atoms with van der Waals surface area (Å²) in [6.07, 6.45) is 1.47. The van der Waals surface area contributed by atoms with Crippen molar-refractivity contribution < 1.29 is 32.2 Å². The first-order chi connectivity index (χ1) is 17.7. The second-order valence-corrected chi connectivity index (χ2v) is 9.80. The number of amides is 1. The third-order valence-electron chi connectivity index (χ3n) is 5.35. The molecule has 0 aromatic heterocycles. The van der Waals surface area contributed by atoms with Gasteiger partial charge < -0.3 is 24.3 Å². The lowest BCUT2D eigenvalue weighted by Gasteiger charge is -2.23. The molecule has 1 N–H and O–H groups in total. The zero-order valence-corrected chi connectivity index (χ0v) is 22.4. The van der Waals surface area contributed by atoms with Crippen LogP contribution in [0.25, 0.3) is 0 Å². The molecule has 0 spiro atoms. The van der Waals surface area contributed by atoms with Crippen LogP contribution in [0.4, 0.5) is 11.4 Å². The lowest BCUT2D eigenvalue weighted by Crippen LogP contribution is -2.31. The molecule has 3 rings (SSSR count). The first-order valence-corrected chi connectivity index (χ1v) is 12.7. The predicted molar refractivity (Wildman–Crippen MR) is 143 cm³/mol. The highest BCUT2D eigenvalue weighted by atomic mass is 35.5. The molecule has 0 heterocycles. The number of carbonyl (C=O) groups excluding carboxylic acids is 1. The van der Waals surface area contributed by atoms with Crippen molar-refractivity contribution in [2.75, 3.05) is 44.6 Å². The molecule has 3 aromatic rings. The molecule has 0 bridgehead atoms. The van der Waals surface area contributed by atoms with Crippen LogP contribution in [0.2, 0.25) is 5.02 Å². The van der Waals surface area contributed by atoms with E-state index in [4.69, 9.17) is 30.5 Å². The van der Waals surface area contributed by atoms with Crippen molar-refractivity contribution in [3.05, 3.63) is 77.8 Å². The monoisotopic (exact) mass is 546 g/mol. The maximum absolute atomic E-state index is 13.6. The van der Waals surface area contributed by atoms with Gasteiger partial charge in [0.05, 0.1) is 56.2 Å². The summed E-state index contributed by atoms with van der Waals surface area (Å²) in [7, 11) is 1.80. The summed E-state index contributed by atoms with van der Waals surface area (Å²) in [4.78, 5) is 13.0. The zero-order valence-electron chi connectivity index (χ0n) is 20.8. The van der Waals surface area contributed by atoms with E-state index in [1.807, 2.05) is 0 Å². The summed E-state index contributed by atoms with van der Waals surface area (Å²) in [5.41, 5.74) is 0.694. The second-order valence-electron chi connectivity index (χ2n) is 7.53. The van der Waals surface area contributed by atoms with Gasteiger partial charge in [0.25, 0.3) is 15.9 Å². The van der Waals surface area contributed by atoms with E-state index in [1.54, 1.807) is 36.4 Å². The van der Waals surface area contributed by atoms with Crippen LogP contribution in [0.15, 0.2) is 72.1 Å². The number of benzene rings is 3. The number of nitrogens with zero attached hydrogens (tertiary/aromatic N) is 1. The molecule has 0 fully saturated rings. The molecule has 0 aliphatic rings. The third-order valence-corrected chi connectivity index (χ3v) is 7.47. The van der Waals surface area contributed by atoms with Gasteiger partial charge in [-0.15, -0.1) is 6.58 Å². The lowest BCUT2D eigenvalue weighted by molar-refractivity contribution is 0.102. The van der Waals surface area contributed by atoms with Crippen LogP contribution in [0.1, 0.15) is 10.4 Å². The summed E-state index contributed by atoms with van der Waals surface area (Å²) >= 11 is 6.29. The first kappa shape index (κ1) is 27.7. The topological polar surface area (TPSA) is 103 Å². The second kappa shape index (κ2) is 11.9. The fraction of sp³-hybridized carbons (Fsp3) is 0.192. The van der Waals surface area contributed by atoms with Crippen LogP contribution in [0.5, 0.6) is 23.0 Å². The van der Waals surface area contributed by atoms with Crippen molar-refractivity contribution in [1.82, 2.24) is 0 Å². The molecule has 0 aliphatic heterocycles. The summed E-state index contributed by atoms with van der Waals surface area (Å²) < 4.78 is 49.4. The minimum atomic E-state index is -4.09. The quantitative estimate of drug-likeness (QED) is 0.337. The van der Waals surface area contributed by atoms with Crippen molar-refractivity contribution in [3.8, 4) is 23.0 Å². The standard InChI is InChI=1S/C26H27ClN2O7S/c1-6-13-29(18-7-9-19(33-2)10-8-18)37(31,32)20-11-12-22(27)21(16-20)26(30)28-17-14-23(34-3)25(36-5)24(15-17)35-4/h6-12,14-16H,1,13H2,2-5H3,(H,28,30). The maximum atomic E-state index is 13.6. The van der Waals surface area contributed by atoms with E-state index in [2.05, 4.69) is 11.9 Å². The minimum absolute atomic E-state index is 0.00422. The van der Waals surface area contributed by atoms with Crippen molar-refractivity contribution in [1.29, 1.82) is 0 Å². The van der Waals surface area contributed by atoms with Crippen LogP contribution in [0, 0.1) is 0 Å². The fourth-order valence-corrected chi connectivity index (χ4v) is 5.19. The Morgan fingerprint density at radius 1 is 0.946 bits per heavy atom. The third kappa shape index (κ3) is 5.92. The number of ether oxygens (including phenoxy) is 4. The number of sulfonamides is 1. The molecule has 37 heavy (non-hydrogen) atoms. The van der Waals surface area contributed by atoms with Crippen LogP contribution in [-0.2, 0) is 10.0 Å². The van der Waals surface area contributed by atoms with Gasteiger partial charge in [-0.25, -0.2) is 8.42 Å². The summed E-state index contributed by atoms with van der Waals surface area (Å²) in [6.45, 7) is 3.67. The van der Waals surface area contributed by atoms with Gasteiger partial charge in [0.1, 0.15) is 5.75 Å². The predicted octanol–water partition coefficient (Wildman–Crippen LogP) is 5.01. The molecule has 0 radical (unpaired) electrons. The highest BCUT2D eigenvalue weighted by molar-refractivity contribution is 7.92. The van der Waals surface area contributed by atoms with Gasteiger partial charge in [0.15, 0.2) is 11.5 Å². The highest BCUT2D eigenvalue weighted by Gasteiger charge is 2.26. The average molecular weight is 547 g/mol. The van der Waals surface area contributed by atoms with Gasteiger partial charge in [0.2, 0.25) is 5.75 Å².